The van der Waals surface area contributed by atoms with Crippen molar-refractivity contribution in [1.29, 1.82) is 0 Å². The minimum Gasteiger partial charge on any atom is -0.352 e. The van der Waals surface area contributed by atoms with E-state index in [1.54, 1.807) is 43.3 Å². The van der Waals surface area contributed by atoms with Crippen molar-refractivity contribution in [2.24, 2.45) is 0 Å². The molecule has 38 heavy (non-hydrogen) atoms. The largest absolute Gasteiger partial charge is 0.352 e. The molecule has 1 aliphatic rings. The summed E-state index contributed by atoms with van der Waals surface area (Å²) in [5, 5.41) is 4.19. The highest BCUT2D eigenvalue weighted by Crippen LogP contribution is 2.29. The number of rotatable bonds is 10. The molecule has 0 heterocycles. The van der Waals surface area contributed by atoms with Crippen molar-refractivity contribution < 1.29 is 18.0 Å². The number of hydrogen-bond donors (Lipinski definition) is 1. The molecule has 0 aliphatic heterocycles. The summed E-state index contributed by atoms with van der Waals surface area (Å²) in [6.07, 6.45) is 6.44. The first-order valence-electron chi connectivity index (χ1n) is 12.7. The molecule has 11 heteroatoms. The molecule has 0 bridgehead atoms. The Morgan fingerprint density at radius 1 is 1.03 bits per heavy atom. The molecule has 3 rings (SSSR count). The fourth-order valence-corrected chi connectivity index (χ4v) is 6.15. The van der Waals surface area contributed by atoms with Crippen molar-refractivity contribution in [2.75, 3.05) is 17.1 Å². The van der Waals surface area contributed by atoms with Gasteiger partial charge in [-0.05, 0) is 61.6 Å². The Morgan fingerprint density at radius 3 is 2.32 bits per heavy atom. The molecule has 0 aromatic heterocycles. The maximum absolute atomic E-state index is 13.9. The zero-order valence-corrected chi connectivity index (χ0v) is 24.9. The van der Waals surface area contributed by atoms with E-state index in [9.17, 15) is 18.0 Å². The molecule has 208 valence electrons. The summed E-state index contributed by atoms with van der Waals surface area (Å²) in [6.45, 7) is 3.09. The number of sulfonamides is 1. The maximum atomic E-state index is 13.9. The van der Waals surface area contributed by atoms with Crippen molar-refractivity contribution in [1.82, 2.24) is 10.2 Å². The second kappa shape index (κ2) is 13.4. The zero-order chi connectivity index (χ0) is 28.0. The maximum Gasteiger partial charge on any atom is 0.244 e. The minimum absolute atomic E-state index is 0.0540. The van der Waals surface area contributed by atoms with Gasteiger partial charge in [0.2, 0.25) is 21.8 Å². The average molecular weight is 603 g/mol. The van der Waals surface area contributed by atoms with Crippen molar-refractivity contribution in [3.63, 3.8) is 0 Å². The number of anilines is 1. The molecule has 7 nitrogen and oxygen atoms in total. The molecule has 0 radical (unpaired) electrons. The van der Waals surface area contributed by atoms with Gasteiger partial charge in [0, 0.05) is 17.6 Å². The van der Waals surface area contributed by atoms with E-state index in [4.69, 9.17) is 34.8 Å². The van der Waals surface area contributed by atoms with Crippen LogP contribution < -0.4 is 9.62 Å². The third-order valence-electron chi connectivity index (χ3n) is 6.86. The Bertz CT molecular complexity index is 1270. The van der Waals surface area contributed by atoms with Crippen LogP contribution in [0.3, 0.4) is 0 Å². The predicted molar refractivity (Wildman–Crippen MR) is 154 cm³/mol. The first-order valence-corrected chi connectivity index (χ1v) is 15.7. The van der Waals surface area contributed by atoms with Crippen molar-refractivity contribution in [2.45, 2.75) is 71.0 Å². The zero-order valence-electron chi connectivity index (χ0n) is 21.8. The lowest BCUT2D eigenvalue weighted by atomic mass is 9.95. The third-order valence-corrected chi connectivity index (χ3v) is 9.14. The van der Waals surface area contributed by atoms with Crippen LogP contribution in [-0.2, 0) is 26.2 Å². The molecule has 2 aromatic carbocycles. The Morgan fingerprint density at radius 2 is 1.71 bits per heavy atom. The van der Waals surface area contributed by atoms with Gasteiger partial charge in [-0.3, -0.25) is 13.9 Å². The topological polar surface area (TPSA) is 86.8 Å². The van der Waals surface area contributed by atoms with Crippen LogP contribution in [-0.4, -0.2) is 50.0 Å². The summed E-state index contributed by atoms with van der Waals surface area (Å²) in [7, 11) is -3.86. The van der Waals surface area contributed by atoms with Crippen molar-refractivity contribution in [3.05, 3.63) is 62.6 Å². The third kappa shape index (κ3) is 7.78. The van der Waals surface area contributed by atoms with Crippen molar-refractivity contribution in [3.8, 4) is 0 Å². The summed E-state index contributed by atoms with van der Waals surface area (Å²) in [6, 6.07) is 9.15. The summed E-state index contributed by atoms with van der Waals surface area (Å²) in [4.78, 5) is 28.7. The van der Waals surface area contributed by atoms with Gasteiger partial charge in [-0.25, -0.2) is 8.42 Å². The lowest BCUT2D eigenvalue weighted by Gasteiger charge is -2.34. The van der Waals surface area contributed by atoms with Crippen molar-refractivity contribution >= 4 is 62.3 Å². The Kier molecular flexibility index (Phi) is 10.7. The van der Waals surface area contributed by atoms with E-state index >= 15 is 0 Å². The molecular weight excluding hydrogens is 569 g/mol. The highest BCUT2D eigenvalue weighted by atomic mass is 35.5. The molecule has 1 saturated carbocycles. The van der Waals surface area contributed by atoms with E-state index in [-0.39, 0.29) is 18.5 Å². The normalized spacial score (nSPS) is 15.1. The standard InChI is InChI=1S/C27H34Cl3N3O4S/c1-4-24(27(35)31-20-9-6-5-7-10-20)32(16-19-13-14-22(29)23(30)15-19)26(34)17-33(38(3,36)37)25-12-8-11-21(28)18(25)2/h8,11-15,20,24H,4-7,9-10,16-17H2,1-3H3,(H,31,35). The van der Waals surface area contributed by atoms with Gasteiger partial charge in [-0.1, -0.05) is 73.1 Å². The van der Waals surface area contributed by atoms with Crippen LogP contribution in [0.1, 0.15) is 56.6 Å². The first-order chi connectivity index (χ1) is 17.9. The Labute approximate surface area is 240 Å². The van der Waals surface area contributed by atoms with Gasteiger partial charge in [0.05, 0.1) is 22.0 Å². The van der Waals surface area contributed by atoms with Gasteiger partial charge in [-0.2, -0.15) is 0 Å². The van der Waals surface area contributed by atoms with E-state index < -0.39 is 28.5 Å². The number of halogens is 3. The number of carbonyl (C=O) groups is 2. The molecule has 1 aliphatic carbocycles. The fraction of sp³-hybridized carbons (Fsp3) is 0.481. The number of benzene rings is 2. The summed E-state index contributed by atoms with van der Waals surface area (Å²) >= 11 is 18.6. The quantitative estimate of drug-likeness (QED) is 0.363. The van der Waals surface area contributed by atoms with Crippen LogP contribution in [0.25, 0.3) is 0 Å². The van der Waals surface area contributed by atoms with Crippen LogP contribution in [0.5, 0.6) is 0 Å². The lowest BCUT2D eigenvalue weighted by Crippen LogP contribution is -2.54. The SMILES string of the molecule is CCC(C(=O)NC1CCCCC1)N(Cc1ccc(Cl)c(Cl)c1)C(=O)CN(c1cccc(Cl)c1C)S(C)(=O)=O. The lowest BCUT2D eigenvalue weighted by molar-refractivity contribution is -0.140. The van der Waals surface area contributed by atoms with Gasteiger partial charge in [0.15, 0.2) is 0 Å². The molecule has 0 spiro atoms. The molecule has 2 aromatic rings. The second-order valence-electron chi connectivity index (χ2n) is 9.69. The number of carbonyl (C=O) groups excluding carboxylic acids is 2. The molecule has 0 saturated heterocycles. The smallest absolute Gasteiger partial charge is 0.244 e. The van der Waals surface area contributed by atoms with E-state index in [1.807, 2.05) is 6.92 Å². The highest BCUT2D eigenvalue weighted by Gasteiger charge is 2.33. The first kappa shape index (κ1) is 30.5. The van der Waals surface area contributed by atoms with Crippen LogP contribution in [0.15, 0.2) is 36.4 Å². The molecular formula is C27H34Cl3N3O4S. The molecule has 1 fully saturated rings. The van der Waals surface area contributed by atoms with Crippen LogP contribution in [0, 0.1) is 6.92 Å². The molecule has 1 unspecified atom stereocenters. The Hall–Kier alpha value is -2.00. The molecule has 1 atom stereocenters. The highest BCUT2D eigenvalue weighted by molar-refractivity contribution is 7.92. The van der Waals surface area contributed by atoms with Gasteiger partial charge < -0.3 is 10.2 Å². The predicted octanol–water partition coefficient (Wildman–Crippen LogP) is 5.98. The van der Waals surface area contributed by atoms with E-state index in [0.717, 1.165) is 42.7 Å². The van der Waals surface area contributed by atoms with Gasteiger partial charge in [0.1, 0.15) is 12.6 Å². The number of nitrogens with zero attached hydrogens (tertiary/aromatic N) is 2. The summed E-state index contributed by atoms with van der Waals surface area (Å²) in [5.74, 6) is -0.774. The summed E-state index contributed by atoms with van der Waals surface area (Å²) in [5.41, 5.74) is 1.51. The van der Waals surface area contributed by atoms with Gasteiger partial charge in [0.25, 0.3) is 0 Å². The number of hydrogen-bond acceptors (Lipinski definition) is 4. The second-order valence-corrected chi connectivity index (χ2v) is 12.8. The van der Waals surface area contributed by atoms with Crippen LogP contribution in [0.4, 0.5) is 5.69 Å². The van der Waals surface area contributed by atoms with E-state index in [1.165, 1.54) is 4.90 Å². The average Bonchev–Trinajstić information content (AvgIpc) is 2.86. The molecule has 2 amide bonds. The number of amides is 2. The van der Waals surface area contributed by atoms with Gasteiger partial charge in [-0.15, -0.1) is 0 Å². The Balaban J connectivity index is 1.96. The van der Waals surface area contributed by atoms with E-state index in [2.05, 4.69) is 5.32 Å². The minimum atomic E-state index is -3.86. The summed E-state index contributed by atoms with van der Waals surface area (Å²) < 4.78 is 26.7. The van der Waals surface area contributed by atoms with Gasteiger partial charge >= 0.3 is 0 Å². The number of nitrogens with one attached hydrogen (secondary N) is 1. The molecule has 1 N–H and O–H groups in total. The monoisotopic (exact) mass is 601 g/mol. The van der Waals surface area contributed by atoms with Crippen LogP contribution in [0.2, 0.25) is 15.1 Å². The van der Waals surface area contributed by atoms with E-state index in [0.29, 0.717) is 38.3 Å². The van der Waals surface area contributed by atoms with Crippen LogP contribution >= 0.6 is 34.8 Å². The fourth-order valence-electron chi connectivity index (χ4n) is 4.76.